The van der Waals surface area contributed by atoms with Gasteiger partial charge in [-0.05, 0) is 23.3 Å². The van der Waals surface area contributed by atoms with Crippen LogP contribution < -0.4 is 5.32 Å². The highest BCUT2D eigenvalue weighted by molar-refractivity contribution is 5.94. The topological polar surface area (TPSA) is 99.0 Å². The van der Waals surface area contributed by atoms with Gasteiger partial charge in [-0.2, -0.15) is 0 Å². The van der Waals surface area contributed by atoms with Crippen LogP contribution in [0.4, 0.5) is 0 Å². The van der Waals surface area contributed by atoms with Gasteiger partial charge in [0.15, 0.2) is 0 Å². The van der Waals surface area contributed by atoms with E-state index in [1.165, 1.54) is 0 Å². The van der Waals surface area contributed by atoms with E-state index >= 15 is 0 Å². The summed E-state index contributed by atoms with van der Waals surface area (Å²) in [4.78, 5) is 12.4. The minimum Gasteiger partial charge on any atom is -0.394 e. The van der Waals surface area contributed by atoms with Crippen molar-refractivity contribution in [1.82, 2.24) is 5.32 Å². The molecule has 1 aliphatic heterocycles. The number of benzene rings is 2. The molecule has 2 aromatic carbocycles. The summed E-state index contributed by atoms with van der Waals surface area (Å²) in [5, 5.41) is 32.2. The van der Waals surface area contributed by atoms with Crippen molar-refractivity contribution in [3.05, 3.63) is 71.3 Å². The van der Waals surface area contributed by atoms with Gasteiger partial charge in [0.1, 0.15) is 12.2 Å². The molecule has 0 spiro atoms. The van der Waals surface area contributed by atoms with E-state index in [1.807, 2.05) is 30.3 Å². The van der Waals surface area contributed by atoms with Crippen molar-refractivity contribution in [2.24, 2.45) is 0 Å². The molecule has 2 aromatic rings. The van der Waals surface area contributed by atoms with Crippen LogP contribution in [0.2, 0.25) is 0 Å². The number of aliphatic hydroxyl groups is 3. The molecule has 0 bridgehead atoms. The molecule has 4 atom stereocenters. The van der Waals surface area contributed by atoms with E-state index in [2.05, 4.69) is 5.32 Å². The molecule has 26 heavy (non-hydrogen) atoms. The van der Waals surface area contributed by atoms with Crippen molar-refractivity contribution < 1.29 is 24.9 Å². The molecule has 1 saturated heterocycles. The maximum Gasteiger partial charge on any atom is 0.251 e. The van der Waals surface area contributed by atoms with E-state index in [0.717, 1.165) is 5.56 Å². The molecule has 1 amide bonds. The highest BCUT2D eigenvalue weighted by Gasteiger charge is 2.36. The monoisotopic (exact) mass is 357 g/mol. The van der Waals surface area contributed by atoms with Crippen molar-refractivity contribution in [3.63, 3.8) is 0 Å². The van der Waals surface area contributed by atoms with Crippen molar-refractivity contribution >= 4 is 5.91 Å². The van der Waals surface area contributed by atoms with Crippen LogP contribution in [0.3, 0.4) is 0 Å². The normalized spacial score (nSPS) is 25.7. The third-order valence-electron chi connectivity index (χ3n) is 4.54. The molecule has 0 aliphatic carbocycles. The van der Waals surface area contributed by atoms with Gasteiger partial charge in [-0.1, -0.05) is 42.5 Å². The number of hydrogen-bond acceptors (Lipinski definition) is 5. The summed E-state index contributed by atoms with van der Waals surface area (Å²) >= 11 is 0. The molecule has 3 rings (SSSR count). The fourth-order valence-electron chi connectivity index (χ4n) is 3.10. The molecule has 0 aromatic heterocycles. The van der Waals surface area contributed by atoms with E-state index in [-0.39, 0.29) is 18.9 Å². The minimum absolute atomic E-state index is 0.111. The number of amides is 1. The zero-order chi connectivity index (χ0) is 18.5. The number of carbonyl (C=O) groups excluding carboxylic acids is 1. The number of hydrogen-bond donors (Lipinski definition) is 4. The quantitative estimate of drug-likeness (QED) is 0.644. The number of nitrogens with one attached hydrogen (secondary N) is 1. The Morgan fingerprint density at radius 1 is 1.08 bits per heavy atom. The van der Waals surface area contributed by atoms with Crippen LogP contribution in [0.1, 0.15) is 34.0 Å². The maximum absolute atomic E-state index is 12.4. The van der Waals surface area contributed by atoms with Crippen molar-refractivity contribution in [1.29, 1.82) is 0 Å². The lowest BCUT2D eigenvalue weighted by atomic mass is 9.93. The van der Waals surface area contributed by atoms with Crippen LogP contribution in [0.15, 0.2) is 54.6 Å². The van der Waals surface area contributed by atoms with Gasteiger partial charge in [-0.25, -0.2) is 0 Å². The fourth-order valence-corrected chi connectivity index (χ4v) is 3.10. The second-order valence-corrected chi connectivity index (χ2v) is 6.44. The summed E-state index contributed by atoms with van der Waals surface area (Å²) in [5.41, 5.74) is 2.10. The number of ether oxygens (including phenoxy) is 1. The summed E-state index contributed by atoms with van der Waals surface area (Å²) in [7, 11) is 0. The minimum atomic E-state index is -0.913. The van der Waals surface area contributed by atoms with Gasteiger partial charge in [0.25, 0.3) is 5.91 Å². The first-order valence-electron chi connectivity index (χ1n) is 8.63. The number of rotatable bonds is 5. The van der Waals surface area contributed by atoms with Crippen LogP contribution in [0.25, 0.3) is 0 Å². The average Bonchev–Trinajstić information content (AvgIpc) is 2.67. The Morgan fingerprint density at radius 3 is 2.58 bits per heavy atom. The molecule has 4 N–H and O–H groups in total. The number of carbonyl (C=O) groups is 1. The average molecular weight is 357 g/mol. The molecule has 6 nitrogen and oxygen atoms in total. The third kappa shape index (κ3) is 4.28. The fraction of sp³-hybridized carbons (Fsp3) is 0.350. The smallest absolute Gasteiger partial charge is 0.251 e. The van der Waals surface area contributed by atoms with Gasteiger partial charge in [0.05, 0.1) is 18.8 Å². The molecule has 0 saturated carbocycles. The lowest BCUT2D eigenvalue weighted by molar-refractivity contribution is -0.181. The highest BCUT2D eigenvalue weighted by Crippen LogP contribution is 2.32. The second-order valence-electron chi connectivity index (χ2n) is 6.44. The largest absolute Gasteiger partial charge is 0.394 e. The zero-order valence-corrected chi connectivity index (χ0v) is 14.3. The van der Waals surface area contributed by atoms with Crippen LogP contribution in [-0.4, -0.2) is 46.1 Å². The van der Waals surface area contributed by atoms with Crippen molar-refractivity contribution in [3.8, 4) is 0 Å². The summed E-state index contributed by atoms with van der Waals surface area (Å²) in [6.07, 6.45) is -3.16. The van der Waals surface area contributed by atoms with E-state index < -0.39 is 24.4 Å². The summed E-state index contributed by atoms with van der Waals surface area (Å²) in [6.45, 7) is 0.0902. The lowest BCUT2D eigenvalue weighted by Gasteiger charge is -2.36. The van der Waals surface area contributed by atoms with Gasteiger partial charge in [0, 0.05) is 18.5 Å². The Balaban J connectivity index is 1.70. The molecule has 1 fully saturated rings. The van der Waals surface area contributed by atoms with Gasteiger partial charge in [-0.15, -0.1) is 0 Å². The first-order valence-corrected chi connectivity index (χ1v) is 8.63. The Kier molecular flexibility index (Phi) is 6.00. The molecule has 0 radical (unpaired) electrons. The summed E-state index contributed by atoms with van der Waals surface area (Å²) in [5.74, 6) is -0.222. The van der Waals surface area contributed by atoms with Crippen molar-refractivity contribution in [2.45, 2.75) is 37.4 Å². The zero-order valence-electron chi connectivity index (χ0n) is 14.3. The Bertz CT molecular complexity index is 736. The van der Waals surface area contributed by atoms with E-state index in [0.29, 0.717) is 17.7 Å². The summed E-state index contributed by atoms with van der Waals surface area (Å²) < 4.78 is 5.63. The number of aliphatic hydroxyl groups excluding tert-OH is 3. The standard InChI is InChI=1S/C20H23NO5/c22-12-18-16(23)10-17(24)19(26-18)14-7-4-8-15(9-14)20(25)21-11-13-5-2-1-3-6-13/h1-9,16-19,22-24H,10-12H2,(H,21,25)/t16-,17-,18+,19+/m0/s1. The Morgan fingerprint density at radius 2 is 1.85 bits per heavy atom. The van der Waals surface area contributed by atoms with E-state index in [1.54, 1.807) is 24.3 Å². The van der Waals surface area contributed by atoms with E-state index in [9.17, 15) is 20.1 Å². The van der Waals surface area contributed by atoms with Crippen LogP contribution in [0, 0.1) is 0 Å². The van der Waals surface area contributed by atoms with Crippen LogP contribution in [-0.2, 0) is 11.3 Å². The molecular formula is C20H23NO5. The highest BCUT2D eigenvalue weighted by atomic mass is 16.5. The predicted octanol–water partition coefficient (Wildman–Crippen LogP) is 1.16. The van der Waals surface area contributed by atoms with Crippen molar-refractivity contribution in [2.75, 3.05) is 6.61 Å². The third-order valence-corrected chi connectivity index (χ3v) is 4.54. The predicted molar refractivity (Wildman–Crippen MR) is 95.4 cm³/mol. The van der Waals surface area contributed by atoms with Gasteiger partial charge in [0.2, 0.25) is 0 Å². The van der Waals surface area contributed by atoms with Gasteiger partial charge < -0.3 is 25.4 Å². The molecular weight excluding hydrogens is 334 g/mol. The molecule has 1 aliphatic rings. The summed E-state index contributed by atoms with van der Waals surface area (Å²) in [6, 6.07) is 16.5. The molecule has 0 unspecified atom stereocenters. The molecule has 6 heteroatoms. The first-order chi connectivity index (χ1) is 12.6. The van der Waals surface area contributed by atoms with Gasteiger partial charge in [-0.3, -0.25) is 4.79 Å². The van der Waals surface area contributed by atoms with Gasteiger partial charge >= 0.3 is 0 Å². The van der Waals surface area contributed by atoms with E-state index in [4.69, 9.17) is 4.74 Å². The first kappa shape index (κ1) is 18.5. The second kappa shape index (κ2) is 8.42. The maximum atomic E-state index is 12.4. The molecule has 138 valence electrons. The SMILES string of the molecule is O=C(NCc1ccccc1)c1cccc([C@H]2O[C@H](CO)[C@@H](O)C[C@@H]2O)c1. The lowest BCUT2D eigenvalue weighted by Crippen LogP contribution is -2.44. The molecule has 1 heterocycles. The van der Waals surface area contributed by atoms with Crippen LogP contribution in [0.5, 0.6) is 0 Å². The Labute approximate surface area is 152 Å². The Hall–Kier alpha value is -2.25. The van der Waals surface area contributed by atoms with Crippen LogP contribution >= 0.6 is 0 Å².